The molecule has 0 aliphatic heterocycles. The molecule has 0 spiro atoms. The highest BCUT2D eigenvalue weighted by molar-refractivity contribution is 9.11. The smallest absolute Gasteiger partial charge is 0.404 e. The van der Waals surface area contributed by atoms with Gasteiger partial charge in [0, 0.05) is 22.9 Å². The maximum atomic E-state index is 10.3. The van der Waals surface area contributed by atoms with Crippen LogP contribution in [0.15, 0.2) is 28.1 Å². The third-order valence-electron chi connectivity index (χ3n) is 5.59. The SMILES string of the molecule is COc1cc2nc(C)nc(N[C@H](C)c3ccc(Br)s3)c2cc1OCCOCCOCCOCCOCCNC(=O)O. The van der Waals surface area contributed by atoms with Gasteiger partial charge in [0.05, 0.1) is 75.3 Å². The quantitative estimate of drug-likeness (QED) is 0.146. The number of hydrogen-bond donors (Lipinski definition) is 3. The van der Waals surface area contributed by atoms with Crippen molar-refractivity contribution in [2.75, 3.05) is 78.4 Å². The second kappa shape index (κ2) is 17.9. The van der Waals surface area contributed by atoms with Crippen molar-refractivity contribution in [3.8, 4) is 11.5 Å². The Kier molecular flexibility index (Phi) is 14.3. The highest BCUT2D eigenvalue weighted by Crippen LogP contribution is 2.36. The van der Waals surface area contributed by atoms with Gasteiger partial charge in [-0.25, -0.2) is 14.8 Å². The van der Waals surface area contributed by atoms with Crippen molar-refractivity contribution < 1.29 is 38.3 Å². The van der Waals surface area contributed by atoms with Crippen LogP contribution in [0.2, 0.25) is 0 Å². The van der Waals surface area contributed by atoms with Crippen LogP contribution in [0.1, 0.15) is 23.7 Å². The topological polar surface area (TPSA) is 143 Å². The number of aryl methyl sites for hydroxylation is 1. The van der Waals surface area contributed by atoms with Crippen LogP contribution in [0.4, 0.5) is 10.6 Å². The Morgan fingerprint density at radius 1 is 0.951 bits per heavy atom. The molecule has 0 fully saturated rings. The molecule has 1 amide bonds. The number of thiophene rings is 1. The van der Waals surface area contributed by atoms with E-state index in [1.54, 1.807) is 18.4 Å². The number of halogens is 1. The zero-order valence-corrected chi connectivity index (χ0v) is 25.8. The monoisotopic (exact) mass is 656 g/mol. The summed E-state index contributed by atoms with van der Waals surface area (Å²) in [5.41, 5.74) is 0.765. The summed E-state index contributed by atoms with van der Waals surface area (Å²) >= 11 is 5.21. The number of anilines is 1. The molecular weight excluding hydrogens is 620 g/mol. The maximum absolute atomic E-state index is 10.3. The van der Waals surface area contributed by atoms with E-state index in [0.29, 0.717) is 76.8 Å². The van der Waals surface area contributed by atoms with Gasteiger partial charge >= 0.3 is 6.09 Å². The van der Waals surface area contributed by atoms with Crippen molar-refractivity contribution in [3.05, 3.63) is 38.8 Å². The molecule has 2 aromatic heterocycles. The van der Waals surface area contributed by atoms with E-state index in [4.69, 9.17) is 33.5 Å². The Hall–Kier alpha value is -2.75. The van der Waals surface area contributed by atoms with Gasteiger partial charge in [0.15, 0.2) is 11.5 Å². The number of carboxylic acid groups (broad SMARTS) is 1. The van der Waals surface area contributed by atoms with Crippen LogP contribution in [0.3, 0.4) is 0 Å². The van der Waals surface area contributed by atoms with Gasteiger partial charge in [0.1, 0.15) is 18.2 Å². The molecule has 41 heavy (non-hydrogen) atoms. The molecule has 0 bridgehead atoms. The molecule has 0 saturated heterocycles. The Bertz CT molecular complexity index is 1230. The van der Waals surface area contributed by atoms with Gasteiger partial charge in [0.25, 0.3) is 0 Å². The molecule has 1 atom stereocenters. The third kappa shape index (κ3) is 11.6. The second-order valence-electron chi connectivity index (χ2n) is 8.68. The number of aromatic nitrogens is 2. The summed E-state index contributed by atoms with van der Waals surface area (Å²) in [7, 11) is 1.60. The van der Waals surface area contributed by atoms with E-state index in [0.717, 1.165) is 20.5 Å². The molecule has 226 valence electrons. The van der Waals surface area contributed by atoms with Crippen LogP contribution in [-0.2, 0) is 18.9 Å². The zero-order valence-electron chi connectivity index (χ0n) is 23.4. The summed E-state index contributed by atoms with van der Waals surface area (Å²) in [5, 5.41) is 15.0. The highest BCUT2D eigenvalue weighted by atomic mass is 79.9. The number of rotatable bonds is 20. The number of nitrogens with zero attached hydrogens (tertiary/aromatic N) is 2. The lowest BCUT2D eigenvalue weighted by atomic mass is 10.2. The van der Waals surface area contributed by atoms with Crippen molar-refractivity contribution in [2.45, 2.75) is 19.9 Å². The largest absolute Gasteiger partial charge is 0.493 e. The van der Waals surface area contributed by atoms with Gasteiger partial charge in [-0.3, -0.25) is 0 Å². The van der Waals surface area contributed by atoms with E-state index in [-0.39, 0.29) is 12.6 Å². The second-order valence-corrected chi connectivity index (χ2v) is 11.2. The predicted octanol–water partition coefficient (Wildman–Crippen LogP) is 4.66. The molecule has 3 rings (SSSR count). The summed E-state index contributed by atoms with van der Waals surface area (Å²) in [4.78, 5) is 20.7. The Balaban J connectivity index is 1.37. The number of ether oxygens (including phenoxy) is 6. The molecule has 1 aromatic carbocycles. The lowest BCUT2D eigenvalue weighted by Gasteiger charge is -2.17. The van der Waals surface area contributed by atoms with Gasteiger partial charge in [-0.05, 0) is 48.0 Å². The summed E-state index contributed by atoms with van der Waals surface area (Å²) in [6.07, 6.45) is -1.06. The summed E-state index contributed by atoms with van der Waals surface area (Å²) in [5.74, 6) is 2.56. The summed E-state index contributed by atoms with van der Waals surface area (Å²) in [6.45, 7) is 7.78. The average Bonchev–Trinajstić information content (AvgIpc) is 3.38. The van der Waals surface area contributed by atoms with Crippen LogP contribution in [0.5, 0.6) is 11.5 Å². The first kappa shape index (κ1) is 32.8. The first-order chi connectivity index (χ1) is 19.9. The molecule has 3 N–H and O–H groups in total. The maximum Gasteiger partial charge on any atom is 0.404 e. The van der Waals surface area contributed by atoms with Gasteiger partial charge < -0.3 is 44.2 Å². The predicted molar refractivity (Wildman–Crippen MR) is 160 cm³/mol. The minimum Gasteiger partial charge on any atom is -0.493 e. The molecule has 0 radical (unpaired) electrons. The lowest BCUT2D eigenvalue weighted by Crippen LogP contribution is -2.25. The molecular formula is C27H37BrN4O8S. The number of benzene rings is 1. The Morgan fingerprint density at radius 3 is 2.17 bits per heavy atom. The lowest BCUT2D eigenvalue weighted by molar-refractivity contribution is -0.00427. The van der Waals surface area contributed by atoms with Gasteiger partial charge in [-0.1, -0.05) is 0 Å². The molecule has 0 aliphatic carbocycles. The fourth-order valence-corrected chi connectivity index (χ4v) is 5.10. The third-order valence-corrected chi connectivity index (χ3v) is 7.40. The summed E-state index contributed by atoms with van der Waals surface area (Å²) in [6, 6.07) is 7.94. The molecule has 2 heterocycles. The number of hydrogen-bond acceptors (Lipinski definition) is 11. The molecule has 3 aromatic rings. The average molecular weight is 658 g/mol. The van der Waals surface area contributed by atoms with Crippen molar-refractivity contribution in [2.24, 2.45) is 0 Å². The zero-order chi connectivity index (χ0) is 29.5. The number of amides is 1. The van der Waals surface area contributed by atoms with Crippen molar-refractivity contribution in [1.82, 2.24) is 15.3 Å². The van der Waals surface area contributed by atoms with Crippen LogP contribution in [0, 0.1) is 6.92 Å². The number of fused-ring (bicyclic) bond motifs is 1. The van der Waals surface area contributed by atoms with E-state index in [1.165, 1.54) is 4.88 Å². The molecule has 0 saturated carbocycles. The first-order valence-electron chi connectivity index (χ1n) is 13.2. The van der Waals surface area contributed by atoms with Gasteiger partial charge in [-0.15, -0.1) is 11.3 Å². The Morgan fingerprint density at radius 2 is 1.59 bits per heavy atom. The first-order valence-corrected chi connectivity index (χ1v) is 14.8. The fourth-order valence-electron chi connectivity index (χ4n) is 3.67. The number of carbonyl (C=O) groups is 1. The van der Waals surface area contributed by atoms with E-state index in [1.807, 2.05) is 25.1 Å². The molecule has 14 heteroatoms. The van der Waals surface area contributed by atoms with E-state index in [2.05, 4.69) is 49.5 Å². The summed E-state index contributed by atoms with van der Waals surface area (Å²) < 4.78 is 34.4. The number of nitrogens with one attached hydrogen (secondary N) is 2. The van der Waals surface area contributed by atoms with Crippen molar-refractivity contribution >= 4 is 50.1 Å². The standard InChI is InChI=1S/C27H37BrN4O8S/c1-18(24-4-5-25(28)41-24)30-26-20-16-23(22(35-3)17-21(20)31-19(2)32-26)40-15-14-39-13-12-38-11-10-37-9-8-36-7-6-29-27(33)34/h4-5,16-18,29H,6-15H2,1-3H3,(H,33,34)(H,30,31,32)/t18-/m1/s1. The number of methoxy groups -OCH3 is 1. The van der Waals surface area contributed by atoms with Gasteiger partial charge in [0.2, 0.25) is 0 Å². The molecule has 0 aliphatic rings. The minimum atomic E-state index is -1.06. The van der Waals surface area contributed by atoms with Crippen molar-refractivity contribution in [1.29, 1.82) is 0 Å². The van der Waals surface area contributed by atoms with Crippen LogP contribution < -0.4 is 20.1 Å². The normalized spacial score (nSPS) is 11.9. The molecule has 0 unspecified atom stereocenters. The highest BCUT2D eigenvalue weighted by Gasteiger charge is 2.16. The minimum absolute atomic E-state index is 0.0612. The van der Waals surface area contributed by atoms with Crippen LogP contribution >= 0.6 is 27.3 Å². The van der Waals surface area contributed by atoms with Crippen LogP contribution in [0.25, 0.3) is 10.9 Å². The Labute approximate surface area is 251 Å². The molecule has 12 nitrogen and oxygen atoms in total. The van der Waals surface area contributed by atoms with Crippen LogP contribution in [-0.4, -0.2) is 94.3 Å². The van der Waals surface area contributed by atoms with E-state index >= 15 is 0 Å². The van der Waals surface area contributed by atoms with Gasteiger partial charge in [-0.2, -0.15) is 0 Å². The van der Waals surface area contributed by atoms with Crippen molar-refractivity contribution in [3.63, 3.8) is 0 Å². The fraction of sp³-hybridized carbons (Fsp3) is 0.519. The van der Waals surface area contributed by atoms with E-state index in [9.17, 15) is 4.79 Å². The van der Waals surface area contributed by atoms with E-state index < -0.39 is 6.09 Å².